The van der Waals surface area contributed by atoms with Crippen molar-refractivity contribution in [2.75, 3.05) is 0 Å². The van der Waals surface area contributed by atoms with E-state index in [0.717, 1.165) is 0 Å². The van der Waals surface area contributed by atoms with E-state index in [1.807, 2.05) is 13.8 Å². The van der Waals surface area contributed by atoms with E-state index in [1.54, 1.807) is 0 Å². The summed E-state index contributed by atoms with van der Waals surface area (Å²) in [6.45, 7) is 3.77. The molecule has 0 bridgehead atoms. The van der Waals surface area contributed by atoms with Crippen molar-refractivity contribution in [3.63, 3.8) is 0 Å². The predicted octanol–water partition coefficient (Wildman–Crippen LogP) is 0.130. The maximum atomic E-state index is 13.4. The van der Waals surface area contributed by atoms with Crippen molar-refractivity contribution in [2.24, 2.45) is 20.7 Å². The number of aliphatic imine (C=N–C) groups is 3. The van der Waals surface area contributed by atoms with Crippen LogP contribution in [0.5, 0.6) is 0 Å². The Labute approximate surface area is 81.2 Å². The molecule has 0 saturated carbocycles. The molecule has 0 aromatic carbocycles. The first-order valence-corrected chi connectivity index (χ1v) is 4.47. The fourth-order valence-corrected chi connectivity index (χ4v) is 1.64. The summed E-state index contributed by atoms with van der Waals surface area (Å²) in [5.41, 5.74) is 5.60. The molecule has 2 N–H and O–H groups in total. The molecular weight excluding hydrogens is 185 g/mol. The van der Waals surface area contributed by atoms with Crippen molar-refractivity contribution in [1.29, 1.82) is 0 Å². The molecule has 76 valence electrons. The molecule has 2 atom stereocenters. The lowest BCUT2D eigenvalue weighted by atomic mass is 10.2. The second-order valence-electron chi connectivity index (χ2n) is 3.58. The van der Waals surface area contributed by atoms with Crippen molar-refractivity contribution >= 4 is 18.3 Å². The molecule has 0 amide bonds. The van der Waals surface area contributed by atoms with Gasteiger partial charge in [-0.25, -0.2) is 15.0 Å². The summed E-state index contributed by atoms with van der Waals surface area (Å²) in [4.78, 5) is 13.2. The van der Waals surface area contributed by atoms with E-state index in [-0.39, 0.29) is 12.2 Å². The van der Waals surface area contributed by atoms with Crippen LogP contribution in [0.15, 0.2) is 15.0 Å². The average molecular weight is 197 g/mol. The highest BCUT2D eigenvalue weighted by Crippen LogP contribution is 2.23. The highest BCUT2D eigenvalue weighted by molar-refractivity contribution is 5.97. The van der Waals surface area contributed by atoms with Gasteiger partial charge < -0.3 is 10.6 Å². The zero-order valence-corrected chi connectivity index (χ0v) is 8.05. The van der Waals surface area contributed by atoms with E-state index in [1.165, 1.54) is 11.2 Å². The minimum Gasteiger partial charge on any atom is -0.385 e. The van der Waals surface area contributed by atoms with Crippen LogP contribution in [0.4, 0.5) is 4.39 Å². The number of rotatable bonds is 1. The summed E-state index contributed by atoms with van der Waals surface area (Å²) in [6, 6.07) is -0.445. The molecule has 0 aliphatic carbocycles. The largest absolute Gasteiger partial charge is 0.385 e. The van der Waals surface area contributed by atoms with E-state index in [2.05, 4.69) is 15.0 Å². The predicted molar refractivity (Wildman–Crippen MR) is 53.2 cm³/mol. The maximum absolute atomic E-state index is 13.4. The molecular formula is C8H12FN5. The molecule has 2 heterocycles. The zero-order chi connectivity index (χ0) is 10.3. The molecule has 2 rings (SSSR count). The lowest BCUT2D eigenvalue weighted by Crippen LogP contribution is -2.47. The molecule has 0 aromatic heterocycles. The molecule has 0 aromatic rings. The van der Waals surface area contributed by atoms with Crippen LogP contribution in [-0.4, -0.2) is 41.4 Å². The molecule has 0 saturated heterocycles. The average Bonchev–Trinajstić information content (AvgIpc) is 2.42. The second kappa shape index (κ2) is 3.04. The third-order valence-electron chi connectivity index (χ3n) is 2.31. The molecule has 14 heavy (non-hydrogen) atoms. The molecule has 2 unspecified atom stereocenters. The Morgan fingerprint density at radius 3 is 2.93 bits per heavy atom. The minimum absolute atomic E-state index is 0.0109. The summed E-state index contributed by atoms with van der Waals surface area (Å²) in [5, 5.41) is 0. The third kappa shape index (κ3) is 1.18. The van der Waals surface area contributed by atoms with Crippen LogP contribution in [0.2, 0.25) is 0 Å². The van der Waals surface area contributed by atoms with Gasteiger partial charge in [-0.2, -0.15) is 4.39 Å². The van der Waals surface area contributed by atoms with Crippen LogP contribution in [-0.2, 0) is 0 Å². The summed E-state index contributed by atoms with van der Waals surface area (Å²) >= 11 is 0. The topological polar surface area (TPSA) is 66.3 Å². The van der Waals surface area contributed by atoms with Crippen molar-refractivity contribution in [2.45, 2.75) is 32.1 Å². The van der Waals surface area contributed by atoms with Gasteiger partial charge in [0.15, 0.2) is 12.2 Å². The van der Waals surface area contributed by atoms with Gasteiger partial charge in [0.1, 0.15) is 12.2 Å². The van der Waals surface area contributed by atoms with Crippen LogP contribution in [0.1, 0.15) is 13.8 Å². The molecule has 0 spiro atoms. The van der Waals surface area contributed by atoms with Crippen molar-refractivity contribution in [1.82, 2.24) is 4.90 Å². The van der Waals surface area contributed by atoms with E-state index < -0.39 is 12.1 Å². The van der Waals surface area contributed by atoms with Crippen LogP contribution in [0, 0.1) is 0 Å². The maximum Gasteiger partial charge on any atom is 0.283 e. The zero-order valence-electron chi connectivity index (χ0n) is 8.05. The van der Waals surface area contributed by atoms with Gasteiger partial charge in [0, 0.05) is 6.04 Å². The number of fused-ring (bicyclic) bond motifs is 1. The van der Waals surface area contributed by atoms with Crippen molar-refractivity contribution in [3.05, 3.63) is 0 Å². The minimum atomic E-state index is -0.507. The number of hydrogen-bond donors (Lipinski definition) is 1. The number of nitrogens with two attached hydrogens (primary N) is 1. The lowest BCUT2D eigenvalue weighted by molar-refractivity contribution is 0.263. The SMILES string of the molecule is CC(C)N1C(F)=NC2C(N)=NC=NC21. The molecule has 0 fully saturated rings. The summed E-state index contributed by atoms with van der Waals surface area (Å²) < 4.78 is 13.4. The number of halogens is 1. The number of amidine groups is 2. The third-order valence-corrected chi connectivity index (χ3v) is 2.31. The fraction of sp³-hybridized carbons (Fsp3) is 0.625. The summed E-state index contributed by atoms with van der Waals surface area (Å²) in [6.07, 6.45) is 0.500. The van der Waals surface area contributed by atoms with E-state index in [4.69, 9.17) is 5.73 Å². The quantitative estimate of drug-likeness (QED) is 0.607. The van der Waals surface area contributed by atoms with E-state index in [0.29, 0.717) is 5.84 Å². The first-order chi connectivity index (χ1) is 6.61. The Morgan fingerprint density at radius 2 is 2.29 bits per heavy atom. The Hall–Kier alpha value is -1.46. The van der Waals surface area contributed by atoms with Gasteiger partial charge in [-0.15, -0.1) is 0 Å². The normalized spacial score (nSPS) is 30.4. The standard InChI is InChI=1S/C8H12FN5/c1-4(2)14-7-5(13-8(14)9)6(10)11-3-12-7/h3-5,7H,1-2H3,(H2,10,11,12). The summed E-state index contributed by atoms with van der Waals surface area (Å²) in [5.74, 6) is 0.323. The van der Waals surface area contributed by atoms with Crippen LogP contribution >= 0.6 is 0 Å². The molecule has 0 radical (unpaired) electrons. The van der Waals surface area contributed by atoms with Gasteiger partial charge in [0.05, 0.1) is 0 Å². The van der Waals surface area contributed by atoms with Gasteiger partial charge in [0.25, 0.3) is 6.09 Å². The first kappa shape index (κ1) is 9.11. The first-order valence-electron chi connectivity index (χ1n) is 4.47. The van der Waals surface area contributed by atoms with E-state index in [9.17, 15) is 4.39 Å². The van der Waals surface area contributed by atoms with Gasteiger partial charge >= 0.3 is 0 Å². The van der Waals surface area contributed by atoms with Gasteiger partial charge in [-0.05, 0) is 13.8 Å². The number of nitrogens with zero attached hydrogens (tertiary/aromatic N) is 4. The van der Waals surface area contributed by atoms with Crippen LogP contribution in [0.3, 0.4) is 0 Å². The second-order valence-corrected chi connectivity index (χ2v) is 3.58. The van der Waals surface area contributed by atoms with Crippen LogP contribution in [0.25, 0.3) is 0 Å². The van der Waals surface area contributed by atoms with Crippen molar-refractivity contribution in [3.8, 4) is 0 Å². The van der Waals surface area contributed by atoms with Gasteiger partial charge in [-0.3, -0.25) is 0 Å². The Kier molecular flexibility index (Phi) is 1.98. The molecule has 2 aliphatic heterocycles. The highest BCUT2D eigenvalue weighted by Gasteiger charge is 2.40. The van der Waals surface area contributed by atoms with Gasteiger partial charge in [0.2, 0.25) is 0 Å². The van der Waals surface area contributed by atoms with Crippen molar-refractivity contribution < 1.29 is 4.39 Å². The Bertz CT molecular complexity index is 333. The van der Waals surface area contributed by atoms with Gasteiger partial charge in [-0.1, -0.05) is 0 Å². The number of hydrogen-bond acceptors (Lipinski definition) is 5. The molecule has 2 aliphatic rings. The molecule has 6 heteroatoms. The monoisotopic (exact) mass is 197 g/mol. The smallest absolute Gasteiger partial charge is 0.283 e. The highest BCUT2D eigenvalue weighted by atomic mass is 19.1. The van der Waals surface area contributed by atoms with E-state index >= 15 is 0 Å². The fourth-order valence-electron chi connectivity index (χ4n) is 1.64. The molecule has 5 nitrogen and oxygen atoms in total. The van der Waals surface area contributed by atoms with Crippen LogP contribution < -0.4 is 5.73 Å². The Morgan fingerprint density at radius 1 is 1.57 bits per heavy atom. The lowest BCUT2D eigenvalue weighted by Gasteiger charge is -2.28. The summed E-state index contributed by atoms with van der Waals surface area (Å²) in [7, 11) is 0. The Balaban J connectivity index is 2.31.